The Morgan fingerprint density at radius 1 is 1.56 bits per heavy atom. The maximum Gasteiger partial charge on any atom is 0.100 e. The summed E-state index contributed by atoms with van der Waals surface area (Å²) in [6.07, 6.45) is 1.78. The molecule has 0 radical (unpaired) electrons. The van der Waals surface area contributed by atoms with Crippen LogP contribution in [0.5, 0.6) is 0 Å². The first kappa shape index (κ1) is 10.7. The van der Waals surface area contributed by atoms with E-state index in [2.05, 4.69) is 16.4 Å². The highest BCUT2D eigenvalue weighted by Crippen LogP contribution is 2.17. The number of nitrogens with one attached hydrogen (secondary N) is 1. The average Bonchev–Trinajstić information content (AvgIpc) is 2.76. The van der Waals surface area contributed by atoms with E-state index >= 15 is 0 Å². The number of nitrogens with zero attached hydrogens (tertiary/aromatic N) is 2. The largest absolute Gasteiger partial charge is 0.379 e. The summed E-state index contributed by atoms with van der Waals surface area (Å²) in [5, 5.41) is 13.9. The average molecular weight is 229 g/mol. The molecule has 80 valence electrons. The lowest BCUT2D eigenvalue weighted by atomic mass is 10.3. The quantitative estimate of drug-likeness (QED) is 0.880. The normalized spacial score (nSPS) is 9.75. The molecule has 2 rings (SSSR count). The van der Waals surface area contributed by atoms with Gasteiger partial charge in [0.25, 0.3) is 0 Å². The predicted octanol–water partition coefficient (Wildman–Crippen LogP) is 2.94. The summed E-state index contributed by atoms with van der Waals surface area (Å²) in [6, 6.07) is 7.94. The molecule has 0 saturated carbocycles. The highest BCUT2D eigenvalue weighted by atomic mass is 32.1. The van der Waals surface area contributed by atoms with Crippen LogP contribution < -0.4 is 5.32 Å². The monoisotopic (exact) mass is 229 g/mol. The van der Waals surface area contributed by atoms with Crippen molar-refractivity contribution in [2.45, 2.75) is 13.5 Å². The Kier molecular flexibility index (Phi) is 3.18. The molecule has 0 fully saturated rings. The molecule has 2 aromatic heterocycles. The van der Waals surface area contributed by atoms with Crippen LogP contribution in [-0.4, -0.2) is 4.98 Å². The lowest BCUT2D eigenvalue weighted by Crippen LogP contribution is -2.00. The lowest BCUT2D eigenvalue weighted by molar-refractivity contribution is 1.13. The fourth-order valence-corrected chi connectivity index (χ4v) is 2.13. The van der Waals surface area contributed by atoms with Gasteiger partial charge in [0.2, 0.25) is 0 Å². The Bertz CT molecular complexity index is 525. The number of aromatic nitrogens is 1. The van der Waals surface area contributed by atoms with Crippen molar-refractivity contribution in [3.63, 3.8) is 0 Å². The Balaban J connectivity index is 2.03. The van der Waals surface area contributed by atoms with Gasteiger partial charge in [0, 0.05) is 23.0 Å². The summed E-state index contributed by atoms with van der Waals surface area (Å²) in [5.74, 6) is 0. The van der Waals surface area contributed by atoms with Crippen molar-refractivity contribution >= 4 is 17.0 Å². The van der Waals surface area contributed by atoms with Crippen molar-refractivity contribution in [3.05, 3.63) is 45.9 Å². The second kappa shape index (κ2) is 4.77. The van der Waals surface area contributed by atoms with Gasteiger partial charge < -0.3 is 5.32 Å². The van der Waals surface area contributed by atoms with Crippen molar-refractivity contribution in [1.82, 2.24) is 4.98 Å². The van der Waals surface area contributed by atoms with Crippen LogP contribution >= 0.6 is 11.3 Å². The number of rotatable bonds is 3. The van der Waals surface area contributed by atoms with E-state index in [-0.39, 0.29) is 0 Å². The van der Waals surface area contributed by atoms with Crippen LogP contribution in [0.1, 0.15) is 16.1 Å². The maximum atomic E-state index is 8.71. The van der Waals surface area contributed by atoms with Gasteiger partial charge in [0.05, 0.1) is 16.9 Å². The summed E-state index contributed by atoms with van der Waals surface area (Å²) >= 11 is 1.59. The van der Waals surface area contributed by atoms with Crippen molar-refractivity contribution in [3.8, 4) is 6.07 Å². The van der Waals surface area contributed by atoms with E-state index in [0.717, 1.165) is 28.4 Å². The van der Waals surface area contributed by atoms with Crippen LogP contribution in [-0.2, 0) is 6.54 Å². The summed E-state index contributed by atoms with van der Waals surface area (Å²) in [5.41, 5.74) is 2.75. The molecule has 0 amide bonds. The van der Waals surface area contributed by atoms with Gasteiger partial charge in [-0.05, 0) is 25.1 Å². The molecule has 4 heteroatoms. The Hall–Kier alpha value is -1.86. The summed E-state index contributed by atoms with van der Waals surface area (Å²) in [7, 11) is 0. The van der Waals surface area contributed by atoms with Crippen LogP contribution in [0.25, 0.3) is 0 Å². The van der Waals surface area contributed by atoms with E-state index in [1.165, 1.54) is 0 Å². The van der Waals surface area contributed by atoms with Gasteiger partial charge in [0.15, 0.2) is 0 Å². The molecule has 0 unspecified atom stereocenters. The fraction of sp³-hybridized carbons (Fsp3) is 0.167. The lowest BCUT2D eigenvalue weighted by Gasteiger charge is -2.06. The zero-order valence-electron chi connectivity index (χ0n) is 8.90. The minimum atomic E-state index is 0.727. The van der Waals surface area contributed by atoms with Gasteiger partial charge in [0.1, 0.15) is 6.07 Å². The summed E-state index contributed by atoms with van der Waals surface area (Å²) < 4.78 is 0. The van der Waals surface area contributed by atoms with E-state index in [9.17, 15) is 0 Å². The number of hydrogen-bond donors (Lipinski definition) is 1. The zero-order chi connectivity index (χ0) is 11.4. The van der Waals surface area contributed by atoms with E-state index in [1.807, 2.05) is 30.5 Å². The molecular weight excluding hydrogens is 218 g/mol. The van der Waals surface area contributed by atoms with Gasteiger partial charge in [-0.2, -0.15) is 5.26 Å². The molecule has 0 saturated heterocycles. The van der Waals surface area contributed by atoms with Gasteiger partial charge in [-0.1, -0.05) is 0 Å². The van der Waals surface area contributed by atoms with Gasteiger partial charge >= 0.3 is 0 Å². The van der Waals surface area contributed by atoms with Gasteiger partial charge in [-0.25, -0.2) is 0 Å². The number of nitriles is 1. The first-order valence-electron chi connectivity index (χ1n) is 4.92. The van der Waals surface area contributed by atoms with Gasteiger partial charge in [-0.3, -0.25) is 4.98 Å². The van der Waals surface area contributed by atoms with Crippen molar-refractivity contribution < 1.29 is 0 Å². The molecule has 0 aliphatic heterocycles. The first-order valence-corrected chi connectivity index (χ1v) is 5.80. The standard InChI is InChI=1S/C12H11N3S/c1-9-12(3-2-4-14-9)15-7-11-5-10(6-13)8-16-11/h2-5,8,15H,7H2,1H3. The van der Waals surface area contributed by atoms with Crippen LogP contribution in [0.3, 0.4) is 0 Å². The first-order chi connectivity index (χ1) is 7.79. The molecule has 0 aliphatic rings. The number of pyridine rings is 1. The number of thiophene rings is 1. The van der Waals surface area contributed by atoms with Crippen LogP contribution in [0, 0.1) is 18.3 Å². The minimum Gasteiger partial charge on any atom is -0.379 e. The molecule has 0 aromatic carbocycles. The molecule has 2 aromatic rings. The third kappa shape index (κ3) is 2.38. The Morgan fingerprint density at radius 3 is 3.12 bits per heavy atom. The summed E-state index contributed by atoms with van der Waals surface area (Å²) in [4.78, 5) is 5.35. The molecule has 16 heavy (non-hydrogen) atoms. The topological polar surface area (TPSA) is 48.7 Å². The number of anilines is 1. The highest BCUT2D eigenvalue weighted by molar-refractivity contribution is 7.10. The third-order valence-electron chi connectivity index (χ3n) is 2.24. The molecule has 3 nitrogen and oxygen atoms in total. The van der Waals surface area contributed by atoms with E-state index in [0.29, 0.717) is 0 Å². The molecule has 0 spiro atoms. The Morgan fingerprint density at radius 2 is 2.44 bits per heavy atom. The second-order valence-corrected chi connectivity index (χ2v) is 4.40. The number of aryl methyl sites for hydroxylation is 1. The smallest absolute Gasteiger partial charge is 0.100 e. The fourth-order valence-electron chi connectivity index (χ4n) is 1.39. The van der Waals surface area contributed by atoms with Crippen LogP contribution in [0.2, 0.25) is 0 Å². The molecule has 2 heterocycles. The van der Waals surface area contributed by atoms with Crippen molar-refractivity contribution in [1.29, 1.82) is 5.26 Å². The number of hydrogen-bond acceptors (Lipinski definition) is 4. The molecule has 1 N–H and O–H groups in total. The molecule has 0 atom stereocenters. The molecule has 0 bridgehead atoms. The van der Waals surface area contributed by atoms with Crippen molar-refractivity contribution in [2.24, 2.45) is 0 Å². The van der Waals surface area contributed by atoms with Gasteiger partial charge in [-0.15, -0.1) is 11.3 Å². The molecule has 0 aliphatic carbocycles. The molecular formula is C12H11N3S. The van der Waals surface area contributed by atoms with Crippen LogP contribution in [0.15, 0.2) is 29.8 Å². The van der Waals surface area contributed by atoms with E-state index < -0.39 is 0 Å². The van der Waals surface area contributed by atoms with Crippen LogP contribution in [0.4, 0.5) is 5.69 Å². The highest BCUT2D eigenvalue weighted by Gasteiger charge is 2.00. The van der Waals surface area contributed by atoms with E-state index in [1.54, 1.807) is 17.5 Å². The second-order valence-electron chi connectivity index (χ2n) is 3.40. The zero-order valence-corrected chi connectivity index (χ0v) is 9.71. The SMILES string of the molecule is Cc1ncccc1NCc1cc(C#N)cs1. The van der Waals surface area contributed by atoms with Crippen molar-refractivity contribution in [2.75, 3.05) is 5.32 Å². The Labute approximate surface area is 98.4 Å². The third-order valence-corrected chi connectivity index (χ3v) is 3.18. The maximum absolute atomic E-state index is 8.71. The van der Waals surface area contributed by atoms with E-state index in [4.69, 9.17) is 5.26 Å². The predicted molar refractivity (Wildman–Crippen MR) is 65.3 cm³/mol. The summed E-state index contributed by atoms with van der Waals surface area (Å²) in [6.45, 7) is 2.70. The minimum absolute atomic E-state index is 0.727.